The highest BCUT2D eigenvalue weighted by atomic mass is 79.9. The molecule has 8 heteroatoms. The number of rotatable bonds is 3. The summed E-state index contributed by atoms with van der Waals surface area (Å²) in [7, 11) is -2.09. The lowest BCUT2D eigenvalue weighted by molar-refractivity contribution is 0.320. The maximum Gasteiger partial charge on any atom is 0.244 e. The largest absolute Gasteiger partial charge is 0.495 e. The van der Waals surface area contributed by atoms with Crippen molar-refractivity contribution in [3.63, 3.8) is 0 Å². The van der Waals surface area contributed by atoms with Crippen LogP contribution in [0.3, 0.4) is 0 Å². The van der Waals surface area contributed by atoms with Crippen molar-refractivity contribution in [3.8, 4) is 5.75 Å². The number of sulfonamides is 1. The zero-order valence-corrected chi connectivity index (χ0v) is 14.1. The van der Waals surface area contributed by atoms with Crippen LogP contribution in [0.5, 0.6) is 5.75 Å². The van der Waals surface area contributed by atoms with E-state index in [-0.39, 0.29) is 16.0 Å². The normalized spacial score (nSPS) is 18.2. The predicted octanol–water partition coefficient (Wildman–Crippen LogP) is 2.22. The second-order valence-corrected chi connectivity index (χ2v) is 7.83. The van der Waals surface area contributed by atoms with Crippen LogP contribution in [0.4, 0.5) is 0 Å². The first-order chi connectivity index (χ1) is 9.36. The summed E-state index contributed by atoms with van der Waals surface area (Å²) >= 11 is 9.29. The molecule has 1 aromatic rings. The number of ether oxygens (including phenoxy) is 1. The molecule has 1 saturated heterocycles. The van der Waals surface area contributed by atoms with Gasteiger partial charge in [-0.2, -0.15) is 4.31 Å². The number of hydrogen-bond acceptors (Lipinski definition) is 4. The smallest absolute Gasteiger partial charge is 0.244 e. The van der Waals surface area contributed by atoms with Crippen molar-refractivity contribution in [2.45, 2.75) is 23.8 Å². The molecule has 0 unspecified atom stereocenters. The summed E-state index contributed by atoms with van der Waals surface area (Å²) in [4.78, 5) is 0.152. The second-order valence-electron chi connectivity index (χ2n) is 4.66. The molecule has 0 aromatic heterocycles. The van der Waals surface area contributed by atoms with E-state index >= 15 is 0 Å². The Morgan fingerprint density at radius 3 is 2.55 bits per heavy atom. The molecule has 2 N–H and O–H groups in total. The van der Waals surface area contributed by atoms with Gasteiger partial charge in [-0.05, 0) is 40.9 Å². The molecule has 2 rings (SSSR count). The monoisotopic (exact) mass is 382 g/mol. The quantitative estimate of drug-likeness (QED) is 0.868. The SMILES string of the molecule is COc1cc(Br)c(S(=O)(=O)N2CCC(N)CC2)cc1Cl. The van der Waals surface area contributed by atoms with Crippen molar-refractivity contribution >= 4 is 37.6 Å². The molecule has 5 nitrogen and oxygen atoms in total. The van der Waals surface area contributed by atoms with Gasteiger partial charge in [0.25, 0.3) is 0 Å². The summed E-state index contributed by atoms with van der Waals surface area (Å²) in [5, 5.41) is 0.267. The fourth-order valence-electron chi connectivity index (χ4n) is 2.12. The minimum absolute atomic E-state index is 0.0735. The zero-order valence-electron chi connectivity index (χ0n) is 11.0. The van der Waals surface area contributed by atoms with Crippen molar-refractivity contribution in [2.24, 2.45) is 5.73 Å². The molecule has 1 heterocycles. The number of benzene rings is 1. The van der Waals surface area contributed by atoms with Crippen LogP contribution in [0.2, 0.25) is 5.02 Å². The van der Waals surface area contributed by atoms with Crippen LogP contribution in [0, 0.1) is 0 Å². The Bertz CT molecular complexity index is 601. The lowest BCUT2D eigenvalue weighted by Crippen LogP contribution is -2.42. The van der Waals surface area contributed by atoms with Crippen molar-refractivity contribution in [2.75, 3.05) is 20.2 Å². The van der Waals surface area contributed by atoms with Gasteiger partial charge in [-0.25, -0.2) is 8.42 Å². The fourth-order valence-corrected chi connectivity index (χ4v) is 4.90. The van der Waals surface area contributed by atoms with Crippen LogP contribution >= 0.6 is 27.5 Å². The van der Waals surface area contributed by atoms with Gasteiger partial charge in [-0.3, -0.25) is 0 Å². The second kappa shape index (κ2) is 6.19. The third-order valence-corrected chi connectivity index (χ3v) is 6.48. The Morgan fingerprint density at radius 2 is 2.00 bits per heavy atom. The van der Waals surface area contributed by atoms with Crippen LogP contribution in [0.1, 0.15) is 12.8 Å². The number of nitrogens with two attached hydrogens (primary N) is 1. The first-order valence-corrected chi connectivity index (χ1v) is 8.76. The van der Waals surface area contributed by atoms with Gasteiger partial charge in [0.1, 0.15) is 5.75 Å². The molecule has 1 aliphatic heterocycles. The molecule has 0 saturated carbocycles. The van der Waals surface area contributed by atoms with Crippen LogP contribution in [0.25, 0.3) is 0 Å². The van der Waals surface area contributed by atoms with Gasteiger partial charge < -0.3 is 10.5 Å². The number of hydrogen-bond donors (Lipinski definition) is 1. The summed E-state index contributed by atoms with van der Waals surface area (Å²) in [6.45, 7) is 0.860. The van der Waals surface area contributed by atoms with Crippen LogP contribution < -0.4 is 10.5 Å². The summed E-state index contributed by atoms with van der Waals surface area (Å²) < 4.78 is 32.2. The molecule has 0 atom stereocenters. The molecule has 112 valence electrons. The van der Waals surface area contributed by atoms with Crippen LogP contribution in [0.15, 0.2) is 21.5 Å². The minimum atomic E-state index is -3.57. The molecule has 1 aromatic carbocycles. The van der Waals surface area contributed by atoms with E-state index in [2.05, 4.69) is 15.9 Å². The summed E-state index contributed by atoms with van der Waals surface area (Å²) in [5.74, 6) is 0.429. The third kappa shape index (κ3) is 3.12. The lowest BCUT2D eigenvalue weighted by atomic mass is 10.1. The molecule has 0 spiro atoms. The van der Waals surface area contributed by atoms with E-state index in [0.717, 1.165) is 0 Å². The summed E-state index contributed by atoms with van der Waals surface area (Å²) in [5.41, 5.74) is 5.80. The highest BCUT2D eigenvalue weighted by Gasteiger charge is 2.30. The number of halogens is 2. The van der Waals surface area contributed by atoms with Crippen molar-refractivity contribution < 1.29 is 13.2 Å². The first-order valence-electron chi connectivity index (χ1n) is 6.15. The highest BCUT2D eigenvalue weighted by molar-refractivity contribution is 9.10. The van der Waals surface area contributed by atoms with E-state index < -0.39 is 10.0 Å². The van der Waals surface area contributed by atoms with Crippen molar-refractivity contribution in [3.05, 3.63) is 21.6 Å². The maximum absolute atomic E-state index is 12.6. The number of piperidine rings is 1. The van der Waals surface area contributed by atoms with Crippen molar-refractivity contribution in [1.82, 2.24) is 4.31 Å². The van der Waals surface area contributed by atoms with Gasteiger partial charge >= 0.3 is 0 Å². The van der Waals surface area contributed by atoms with Gasteiger partial charge in [0.05, 0.1) is 17.0 Å². The van der Waals surface area contributed by atoms with E-state index in [1.165, 1.54) is 17.5 Å². The van der Waals surface area contributed by atoms with E-state index in [9.17, 15) is 8.42 Å². The highest BCUT2D eigenvalue weighted by Crippen LogP contribution is 2.35. The average Bonchev–Trinajstić information content (AvgIpc) is 2.41. The Hall–Kier alpha value is -0.340. The topological polar surface area (TPSA) is 72.6 Å². The third-order valence-electron chi connectivity index (χ3n) is 3.32. The molecule has 1 aliphatic rings. The first kappa shape index (κ1) is 16.0. The minimum Gasteiger partial charge on any atom is -0.495 e. The van der Waals surface area contributed by atoms with Gasteiger partial charge in [0.15, 0.2) is 0 Å². The van der Waals surface area contributed by atoms with Crippen molar-refractivity contribution in [1.29, 1.82) is 0 Å². The molecule has 1 fully saturated rings. The average molecular weight is 384 g/mol. The van der Waals surface area contributed by atoms with E-state index in [1.807, 2.05) is 0 Å². The van der Waals surface area contributed by atoms with E-state index in [4.69, 9.17) is 22.1 Å². The van der Waals surface area contributed by atoms with E-state index in [1.54, 1.807) is 6.07 Å². The fraction of sp³-hybridized carbons (Fsp3) is 0.500. The molecule has 0 bridgehead atoms. The molecule has 0 aliphatic carbocycles. The Morgan fingerprint density at radius 1 is 1.40 bits per heavy atom. The van der Waals surface area contributed by atoms with Crippen LogP contribution in [-0.2, 0) is 10.0 Å². The molecule has 20 heavy (non-hydrogen) atoms. The van der Waals surface area contributed by atoms with Gasteiger partial charge in [0, 0.05) is 23.6 Å². The molecule has 0 amide bonds. The Kier molecular flexibility index (Phi) is 4.96. The van der Waals surface area contributed by atoms with Crippen LogP contribution in [-0.4, -0.2) is 39.0 Å². The Balaban J connectivity index is 2.37. The molecular formula is C12H16BrClN2O3S. The summed E-state index contributed by atoms with van der Waals surface area (Å²) in [6, 6.07) is 3.04. The summed E-state index contributed by atoms with van der Waals surface area (Å²) in [6.07, 6.45) is 1.33. The predicted molar refractivity (Wildman–Crippen MR) is 81.7 cm³/mol. The number of nitrogens with zero attached hydrogens (tertiary/aromatic N) is 1. The maximum atomic E-state index is 12.6. The van der Waals surface area contributed by atoms with E-state index in [0.29, 0.717) is 36.2 Å². The Labute approximate surface area is 132 Å². The molecule has 0 radical (unpaired) electrons. The van der Waals surface area contributed by atoms with Gasteiger partial charge in [-0.1, -0.05) is 11.6 Å². The molecular weight excluding hydrogens is 368 g/mol. The number of methoxy groups -OCH3 is 1. The van der Waals surface area contributed by atoms with Gasteiger partial charge in [-0.15, -0.1) is 0 Å². The van der Waals surface area contributed by atoms with Gasteiger partial charge in [0.2, 0.25) is 10.0 Å². The standard InChI is InChI=1S/C12H16BrClN2O3S/c1-19-11-6-9(13)12(7-10(11)14)20(17,18)16-4-2-8(15)3-5-16/h6-8H,2-5,15H2,1H3. The lowest BCUT2D eigenvalue weighted by Gasteiger charge is -2.29. The zero-order chi connectivity index (χ0) is 14.9.